The number of hydrazine groups is 1. The summed E-state index contributed by atoms with van der Waals surface area (Å²) in [5.41, 5.74) is 4.14. The first-order valence-corrected chi connectivity index (χ1v) is 12.4. The van der Waals surface area contributed by atoms with Crippen molar-refractivity contribution in [2.24, 2.45) is 11.0 Å². The Morgan fingerprint density at radius 2 is 1.91 bits per heavy atom. The zero-order chi connectivity index (χ0) is 24.2. The van der Waals surface area contributed by atoms with Crippen LogP contribution in [-0.2, 0) is 9.59 Å². The van der Waals surface area contributed by atoms with Gasteiger partial charge in [-0.25, -0.2) is 5.01 Å². The Morgan fingerprint density at radius 1 is 1.18 bits per heavy atom. The van der Waals surface area contributed by atoms with Crippen molar-refractivity contribution >= 4 is 23.3 Å². The van der Waals surface area contributed by atoms with Gasteiger partial charge in [-0.15, -0.1) is 0 Å². The molecule has 9 nitrogen and oxygen atoms in total. The van der Waals surface area contributed by atoms with Gasteiger partial charge in [0.05, 0.1) is 23.4 Å². The lowest BCUT2D eigenvalue weighted by atomic mass is 9.77. The maximum atomic E-state index is 13.6. The molecule has 3 N–H and O–H groups in total. The molecule has 1 spiro atoms. The number of para-hydroxylation sites is 1. The molecule has 2 saturated carbocycles. The van der Waals surface area contributed by atoms with Gasteiger partial charge in [-0.3, -0.25) is 14.6 Å². The Balaban J connectivity index is 1.34. The van der Waals surface area contributed by atoms with E-state index in [2.05, 4.69) is 29.5 Å². The molecule has 34 heavy (non-hydrogen) atoms. The number of hydrogen-bond donors (Lipinski definition) is 3. The van der Waals surface area contributed by atoms with Crippen molar-refractivity contribution in [1.29, 1.82) is 0 Å². The second kappa shape index (κ2) is 8.53. The minimum Gasteiger partial charge on any atom is -0.505 e. The van der Waals surface area contributed by atoms with Crippen LogP contribution < -0.4 is 10.4 Å². The van der Waals surface area contributed by atoms with Crippen LogP contribution in [0, 0.1) is 5.92 Å². The zero-order valence-corrected chi connectivity index (χ0v) is 20.2. The molecule has 2 heterocycles. The maximum Gasteiger partial charge on any atom is 0.306 e. The van der Waals surface area contributed by atoms with E-state index in [9.17, 15) is 19.8 Å². The fraction of sp³-hybridized carbons (Fsp3) is 0.640. The van der Waals surface area contributed by atoms with Crippen molar-refractivity contribution < 1.29 is 19.8 Å². The van der Waals surface area contributed by atoms with Crippen LogP contribution in [0.5, 0.6) is 5.75 Å². The number of phenols is 1. The highest BCUT2D eigenvalue weighted by Gasteiger charge is 2.67. The predicted octanol–water partition coefficient (Wildman–Crippen LogP) is 2.86. The van der Waals surface area contributed by atoms with Crippen LogP contribution in [0.25, 0.3) is 0 Å². The third-order valence-corrected chi connectivity index (χ3v) is 8.35. The summed E-state index contributed by atoms with van der Waals surface area (Å²) >= 11 is 0. The third-order valence-electron chi connectivity index (χ3n) is 8.35. The number of hydrazone groups is 1. The first-order valence-electron chi connectivity index (χ1n) is 12.4. The van der Waals surface area contributed by atoms with E-state index in [1.807, 2.05) is 19.1 Å². The Kier molecular flexibility index (Phi) is 5.80. The van der Waals surface area contributed by atoms with Crippen molar-refractivity contribution in [3.63, 3.8) is 0 Å². The molecule has 3 atom stereocenters. The number of rotatable bonds is 5. The number of amides is 1. The molecule has 9 heteroatoms. The molecule has 2 aliphatic carbocycles. The molecule has 0 bridgehead atoms. The number of phenolic OH excluding ortho intramolecular Hbond substituents is 1. The second-order valence-electron chi connectivity index (χ2n) is 10.5. The molecule has 1 amide bonds. The second-order valence-corrected chi connectivity index (χ2v) is 10.5. The normalized spacial score (nSPS) is 33.5. The summed E-state index contributed by atoms with van der Waals surface area (Å²) < 4.78 is 0. The number of carbonyl (C=O) groups excluding carboxylic acids is 1. The molecule has 5 rings (SSSR count). The number of aliphatic carboxylic acids is 1. The van der Waals surface area contributed by atoms with E-state index in [0.29, 0.717) is 30.3 Å². The molecule has 1 saturated heterocycles. The largest absolute Gasteiger partial charge is 0.505 e. The van der Waals surface area contributed by atoms with Gasteiger partial charge in [0.15, 0.2) is 0 Å². The predicted molar refractivity (Wildman–Crippen MR) is 128 cm³/mol. The summed E-state index contributed by atoms with van der Waals surface area (Å²) in [4.78, 5) is 27.3. The summed E-state index contributed by atoms with van der Waals surface area (Å²) in [7, 11) is 4.20. The molecule has 184 valence electrons. The van der Waals surface area contributed by atoms with E-state index in [-0.39, 0.29) is 29.5 Å². The van der Waals surface area contributed by atoms with Crippen molar-refractivity contribution in [2.75, 3.05) is 19.1 Å². The van der Waals surface area contributed by atoms with E-state index >= 15 is 0 Å². The number of carboxylic acid groups (broad SMARTS) is 1. The van der Waals surface area contributed by atoms with Crippen molar-refractivity contribution in [2.45, 2.75) is 82.0 Å². The number of aromatic hydroxyl groups is 1. The van der Waals surface area contributed by atoms with Crippen molar-refractivity contribution in [3.8, 4) is 5.75 Å². The Hall–Kier alpha value is -2.65. The van der Waals surface area contributed by atoms with Crippen LogP contribution in [0.4, 0.5) is 5.69 Å². The van der Waals surface area contributed by atoms with Gasteiger partial charge in [-0.1, -0.05) is 18.6 Å². The van der Waals surface area contributed by atoms with Crippen LogP contribution in [0.2, 0.25) is 0 Å². The molecular weight excluding hydrogens is 434 g/mol. The standard InChI is InChI=1S/C25H35N5O4/c1-15-25(24(34)29(26-15)19-12-10-18(11-13-19)28(2)3)27-30(25)21-9-5-8-20(22(21)31)16-6-4-7-17(14-16)23(32)33/h5,8-9,16-19,27,31H,4,6-7,10-14H2,1-3H3,(H,32,33). The monoisotopic (exact) mass is 469 g/mol. The highest BCUT2D eigenvalue weighted by molar-refractivity contribution is 6.21. The first-order chi connectivity index (χ1) is 16.2. The minimum atomic E-state index is -1.04. The summed E-state index contributed by atoms with van der Waals surface area (Å²) in [6.45, 7) is 1.86. The molecular formula is C25H35N5O4. The van der Waals surface area contributed by atoms with Crippen LogP contribution >= 0.6 is 0 Å². The highest BCUT2D eigenvalue weighted by atomic mass is 16.4. The summed E-state index contributed by atoms with van der Waals surface area (Å²) in [6, 6.07) is 6.18. The molecule has 3 unspecified atom stereocenters. The SMILES string of the molecule is CC1=NN(C2CCC(N(C)C)CC2)C(=O)C12NN2c1cccc(C2CCCC(C(=O)O)C2)c1O. The number of anilines is 1. The molecule has 4 aliphatic rings. The van der Waals surface area contributed by atoms with E-state index in [0.717, 1.165) is 44.1 Å². The Morgan fingerprint density at radius 3 is 2.59 bits per heavy atom. The van der Waals surface area contributed by atoms with Crippen LogP contribution in [0.3, 0.4) is 0 Å². The van der Waals surface area contributed by atoms with Gasteiger partial charge in [0.1, 0.15) is 5.75 Å². The number of carbonyl (C=O) groups is 2. The number of hydrogen-bond acceptors (Lipinski definition) is 7. The number of nitrogens with one attached hydrogen (secondary N) is 1. The van der Waals surface area contributed by atoms with E-state index in [1.165, 1.54) is 0 Å². The number of carboxylic acids is 1. The molecule has 1 aromatic carbocycles. The van der Waals surface area contributed by atoms with Crippen molar-refractivity contribution in [3.05, 3.63) is 23.8 Å². The molecule has 1 aromatic rings. The molecule has 2 aliphatic heterocycles. The minimum absolute atomic E-state index is 0.0110. The summed E-state index contributed by atoms with van der Waals surface area (Å²) in [5.74, 6) is -1.13. The fourth-order valence-corrected chi connectivity index (χ4v) is 6.19. The highest BCUT2D eigenvalue weighted by Crippen LogP contribution is 2.48. The van der Waals surface area contributed by atoms with Gasteiger partial charge in [0, 0.05) is 6.04 Å². The first kappa shape index (κ1) is 23.1. The lowest BCUT2D eigenvalue weighted by molar-refractivity contribution is -0.143. The van der Waals surface area contributed by atoms with E-state index < -0.39 is 11.6 Å². The van der Waals surface area contributed by atoms with Crippen LogP contribution in [0.1, 0.15) is 69.8 Å². The number of nitrogens with zero attached hydrogens (tertiary/aromatic N) is 4. The van der Waals surface area contributed by atoms with Gasteiger partial charge in [0.2, 0.25) is 5.66 Å². The zero-order valence-electron chi connectivity index (χ0n) is 20.2. The summed E-state index contributed by atoms with van der Waals surface area (Å²) in [6.07, 6.45) is 6.81. The van der Waals surface area contributed by atoms with Gasteiger partial charge >= 0.3 is 5.97 Å². The van der Waals surface area contributed by atoms with Gasteiger partial charge in [0.25, 0.3) is 5.91 Å². The lowest BCUT2D eigenvalue weighted by Gasteiger charge is -2.35. The topological polar surface area (TPSA) is 118 Å². The van der Waals surface area contributed by atoms with Gasteiger partial charge in [-0.2, -0.15) is 10.5 Å². The summed E-state index contributed by atoms with van der Waals surface area (Å²) in [5, 5.41) is 28.7. The van der Waals surface area contributed by atoms with Gasteiger partial charge in [-0.05, 0) is 83.5 Å². The Bertz CT molecular complexity index is 1020. The Labute approximate surface area is 200 Å². The lowest BCUT2D eigenvalue weighted by Crippen LogP contribution is -2.46. The molecule has 0 aromatic heterocycles. The van der Waals surface area contributed by atoms with E-state index in [4.69, 9.17) is 0 Å². The smallest absolute Gasteiger partial charge is 0.306 e. The fourth-order valence-electron chi connectivity index (χ4n) is 6.19. The third kappa shape index (κ3) is 3.65. The maximum absolute atomic E-state index is 13.6. The average Bonchev–Trinajstić information content (AvgIpc) is 3.53. The molecule has 0 radical (unpaired) electrons. The average molecular weight is 470 g/mol. The van der Waals surface area contributed by atoms with Crippen LogP contribution in [0.15, 0.2) is 23.3 Å². The molecule has 3 fully saturated rings. The van der Waals surface area contributed by atoms with Crippen molar-refractivity contribution in [1.82, 2.24) is 15.3 Å². The quantitative estimate of drug-likeness (QED) is 0.568. The number of benzene rings is 1. The van der Waals surface area contributed by atoms with E-state index in [1.54, 1.807) is 16.1 Å². The van der Waals surface area contributed by atoms with Crippen LogP contribution in [-0.4, -0.2) is 69.6 Å². The van der Waals surface area contributed by atoms with Gasteiger partial charge < -0.3 is 15.1 Å².